The summed E-state index contributed by atoms with van der Waals surface area (Å²) in [7, 11) is 0. The molecule has 0 aromatic heterocycles. The summed E-state index contributed by atoms with van der Waals surface area (Å²) in [6.45, 7) is 14.8. The van der Waals surface area contributed by atoms with E-state index in [4.69, 9.17) is 18.9 Å². The maximum atomic E-state index is 12.9. The zero-order chi connectivity index (χ0) is 31.1. The summed E-state index contributed by atoms with van der Waals surface area (Å²) >= 11 is 0. The van der Waals surface area contributed by atoms with Gasteiger partial charge < -0.3 is 19.3 Å². The van der Waals surface area contributed by atoms with Gasteiger partial charge in [0.1, 0.15) is 6.10 Å². The summed E-state index contributed by atoms with van der Waals surface area (Å²) in [4.78, 5) is 37.2. The van der Waals surface area contributed by atoms with Crippen LogP contribution in [-0.4, -0.2) is 47.8 Å². The van der Waals surface area contributed by atoms with Gasteiger partial charge in [-0.1, -0.05) is 76.1 Å². The second kappa shape index (κ2) is 14.5. The van der Waals surface area contributed by atoms with Gasteiger partial charge in [0, 0.05) is 25.5 Å². The lowest BCUT2D eigenvalue weighted by Crippen LogP contribution is -2.63. The van der Waals surface area contributed by atoms with Gasteiger partial charge in [0.15, 0.2) is 0 Å². The van der Waals surface area contributed by atoms with Crippen molar-refractivity contribution in [2.45, 2.75) is 111 Å². The van der Waals surface area contributed by atoms with Crippen LogP contribution < -0.4 is 0 Å². The molecule has 3 rings (SSSR count). The van der Waals surface area contributed by atoms with Crippen LogP contribution in [0.4, 0.5) is 0 Å². The predicted octanol–water partition coefficient (Wildman–Crippen LogP) is 6.26. The Balaban J connectivity index is 2.05. The van der Waals surface area contributed by atoms with E-state index >= 15 is 0 Å². The Hall–Kier alpha value is -2.97. The van der Waals surface area contributed by atoms with Crippen molar-refractivity contribution in [3.8, 4) is 0 Å². The summed E-state index contributed by atoms with van der Waals surface area (Å²) < 4.78 is 23.3. The first-order valence-electron chi connectivity index (χ1n) is 15.1. The number of rotatable bonds is 12. The molecule has 0 amide bonds. The molecule has 0 aromatic carbocycles. The summed E-state index contributed by atoms with van der Waals surface area (Å²) in [5.41, 5.74) is -0.142. The molecule has 0 radical (unpaired) electrons. The maximum Gasteiger partial charge on any atom is 0.331 e. The Kier molecular flexibility index (Phi) is 11.6. The molecule has 1 saturated heterocycles. The molecule has 8 nitrogen and oxygen atoms in total. The van der Waals surface area contributed by atoms with Crippen LogP contribution >= 0.6 is 0 Å². The highest BCUT2D eigenvalue weighted by Crippen LogP contribution is 2.67. The number of carbonyl (C=O) groups is 3. The zero-order valence-corrected chi connectivity index (χ0v) is 26.0. The molecule has 232 valence electrons. The smallest absolute Gasteiger partial charge is 0.331 e. The lowest BCUT2D eigenvalue weighted by atomic mass is 9.45. The number of carbonyl (C=O) groups excluding carboxylic acids is 3. The number of esters is 3. The van der Waals surface area contributed by atoms with E-state index in [-0.39, 0.29) is 11.8 Å². The fourth-order valence-corrected chi connectivity index (χ4v) is 6.88. The molecule has 1 heterocycles. The first kappa shape index (κ1) is 33.5. The van der Waals surface area contributed by atoms with Gasteiger partial charge in [-0.25, -0.2) is 4.79 Å². The molecule has 42 heavy (non-hydrogen) atoms. The van der Waals surface area contributed by atoms with Crippen LogP contribution in [0.2, 0.25) is 0 Å². The van der Waals surface area contributed by atoms with E-state index in [9.17, 15) is 19.5 Å². The average Bonchev–Trinajstić information content (AvgIpc) is 3.21. The van der Waals surface area contributed by atoms with Gasteiger partial charge in [0.2, 0.25) is 12.6 Å². The van der Waals surface area contributed by atoms with E-state index < -0.39 is 53.5 Å². The van der Waals surface area contributed by atoms with Crippen molar-refractivity contribution in [2.24, 2.45) is 22.7 Å². The van der Waals surface area contributed by atoms with E-state index in [1.165, 1.54) is 26.3 Å². The fourth-order valence-electron chi connectivity index (χ4n) is 6.88. The van der Waals surface area contributed by atoms with Crippen molar-refractivity contribution < 1.29 is 38.4 Å². The molecule has 2 aliphatic carbocycles. The van der Waals surface area contributed by atoms with Gasteiger partial charge in [0.25, 0.3) is 0 Å². The monoisotopic (exact) mass is 584 g/mol. The van der Waals surface area contributed by atoms with E-state index in [0.29, 0.717) is 24.8 Å². The van der Waals surface area contributed by atoms with Crippen molar-refractivity contribution in [1.29, 1.82) is 0 Å². The zero-order valence-electron chi connectivity index (χ0n) is 26.0. The van der Waals surface area contributed by atoms with Crippen molar-refractivity contribution in [2.75, 3.05) is 0 Å². The summed E-state index contributed by atoms with van der Waals surface area (Å²) in [5, 5.41) is 11.8. The third-order valence-electron chi connectivity index (χ3n) is 9.30. The minimum atomic E-state index is -1.20. The van der Waals surface area contributed by atoms with Gasteiger partial charge in [-0.2, -0.15) is 0 Å². The number of hydrogen-bond acceptors (Lipinski definition) is 8. The molecule has 0 aromatic rings. The molecule has 8 heteroatoms. The highest BCUT2D eigenvalue weighted by molar-refractivity contribution is 5.82. The van der Waals surface area contributed by atoms with Crippen LogP contribution in [0.15, 0.2) is 60.3 Å². The quantitative estimate of drug-likeness (QED) is 0.0715. The van der Waals surface area contributed by atoms with Crippen LogP contribution in [-0.2, 0) is 33.3 Å². The lowest BCUT2D eigenvalue weighted by molar-refractivity contribution is -0.253. The van der Waals surface area contributed by atoms with Crippen LogP contribution in [0.1, 0.15) is 86.5 Å². The first-order valence-corrected chi connectivity index (χ1v) is 15.1. The van der Waals surface area contributed by atoms with Crippen molar-refractivity contribution in [1.82, 2.24) is 0 Å². The molecule has 1 saturated carbocycles. The van der Waals surface area contributed by atoms with Crippen LogP contribution in [0, 0.1) is 22.7 Å². The Bertz CT molecular complexity index is 1130. The molecule has 0 bridgehead atoms. The molecule has 1 spiro atoms. The van der Waals surface area contributed by atoms with Crippen molar-refractivity contribution >= 4 is 17.9 Å². The molecular weight excluding hydrogens is 536 g/mol. The summed E-state index contributed by atoms with van der Waals surface area (Å²) in [6, 6.07) is 0. The Labute approximate surface area is 250 Å². The van der Waals surface area contributed by atoms with Gasteiger partial charge in [-0.05, 0) is 62.4 Å². The second-order valence-corrected chi connectivity index (χ2v) is 12.1. The third kappa shape index (κ3) is 7.14. The molecule has 3 aliphatic rings. The van der Waals surface area contributed by atoms with Gasteiger partial charge in [0.05, 0.1) is 11.5 Å². The Morgan fingerprint density at radius 3 is 2.45 bits per heavy atom. The molecule has 0 unspecified atom stereocenters. The molecule has 1 N–H and O–H groups in total. The normalized spacial score (nSPS) is 34.5. The van der Waals surface area contributed by atoms with Gasteiger partial charge >= 0.3 is 17.9 Å². The van der Waals surface area contributed by atoms with Crippen molar-refractivity contribution in [3.63, 3.8) is 0 Å². The molecule has 8 atom stereocenters. The van der Waals surface area contributed by atoms with E-state index in [0.717, 1.165) is 24.8 Å². The van der Waals surface area contributed by atoms with Crippen LogP contribution in [0.3, 0.4) is 0 Å². The molecule has 1 aliphatic heterocycles. The lowest BCUT2D eigenvalue weighted by Gasteiger charge is -2.60. The van der Waals surface area contributed by atoms with Crippen LogP contribution in [0.25, 0.3) is 0 Å². The molecule has 2 fully saturated rings. The number of unbranched alkanes of at least 4 members (excludes halogenated alkanes) is 3. The number of allylic oxidation sites excluding steroid dienone is 6. The highest BCUT2D eigenvalue weighted by Gasteiger charge is 2.71. The minimum Gasteiger partial charge on any atom is -0.455 e. The van der Waals surface area contributed by atoms with E-state index in [1.807, 2.05) is 19.1 Å². The topological polar surface area (TPSA) is 108 Å². The van der Waals surface area contributed by atoms with E-state index in [2.05, 4.69) is 33.4 Å². The number of ether oxygens (including phenoxy) is 4. The highest BCUT2D eigenvalue weighted by atomic mass is 16.8. The average molecular weight is 585 g/mol. The van der Waals surface area contributed by atoms with E-state index in [1.54, 1.807) is 18.2 Å². The SMILES string of the molecule is C=C/C(C)=C/C[C@]1(C)[C@H](C)C[C@@H](O)[C@@]23C(=C[C@H](OC(=O)/C=C\C=C\CCCCC)C[C@@H]12)[C@@H](OC(C)=O)O[C@H]3OC(C)=O. The van der Waals surface area contributed by atoms with Gasteiger partial charge in [-0.15, -0.1) is 0 Å². The third-order valence-corrected chi connectivity index (χ3v) is 9.30. The second-order valence-electron chi connectivity index (χ2n) is 12.1. The van der Waals surface area contributed by atoms with Crippen molar-refractivity contribution in [3.05, 3.63) is 60.3 Å². The fraction of sp³-hybridized carbons (Fsp3) is 0.618. The summed E-state index contributed by atoms with van der Waals surface area (Å²) in [6.07, 6.45) is 14.3. The molecular formula is C34H48O8. The largest absolute Gasteiger partial charge is 0.455 e. The standard InChI is InChI=1S/C34H48O8/c1-8-10-11-12-13-14-15-16-30(38)41-26-20-27-31(39-24(5)35)42-32(40-25(6)36)34(27)28(21-26)33(7,18-17-22(3)9-2)23(4)19-29(34)37/h9,13-17,20,23,26,28-29,31-32,37H,2,8,10-12,18-19,21H2,1,3-7H3/b14-13+,16-15-,22-17+/t23-,26+,28+,29-,31+,32-,33-,34-/m1/s1. The minimum absolute atomic E-state index is 0.0520. The number of hydrogen-bond donors (Lipinski definition) is 1. The van der Waals surface area contributed by atoms with Gasteiger partial charge in [-0.3, -0.25) is 14.3 Å². The summed E-state index contributed by atoms with van der Waals surface area (Å²) in [5.74, 6) is -1.98. The number of aliphatic hydroxyl groups is 1. The first-order chi connectivity index (χ1) is 19.9. The Morgan fingerprint density at radius 2 is 1.81 bits per heavy atom. The number of aliphatic hydroxyl groups excluding tert-OH is 1. The van der Waals surface area contributed by atoms with Crippen LogP contribution in [0.5, 0.6) is 0 Å². The predicted molar refractivity (Wildman–Crippen MR) is 160 cm³/mol. The Morgan fingerprint density at radius 1 is 1.10 bits per heavy atom. The maximum absolute atomic E-state index is 12.9.